The molecular formula is C14H18N2O. The number of nitrogens with zero attached hydrogens (tertiary/aromatic N) is 1. The normalized spacial score (nSPS) is 20.2. The van der Waals surface area contributed by atoms with Crippen molar-refractivity contribution in [3.05, 3.63) is 29.3 Å². The van der Waals surface area contributed by atoms with Crippen LogP contribution in [0.2, 0.25) is 0 Å². The lowest BCUT2D eigenvalue weighted by Crippen LogP contribution is -2.26. The standard InChI is InChI=1S/C14H18N2O/c1-10(17)16-8-5-12-11(3-2-4-13(12)16)9-14(15)6-7-14/h2-4H,5-9,15H2,1H3. The highest BCUT2D eigenvalue weighted by Gasteiger charge is 2.39. The number of nitrogens with two attached hydrogens (primary N) is 1. The number of carbonyl (C=O) groups is 1. The highest BCUT2D eigenvalue weighted by molar-refractivity contribution is 5.94. The van der Waals surface area contributed by atoms with Gasteiger partial charge in [-0.05, 0) is 42.9 Å². The smallest absolute Gasteiger partial charge is 0.223 e. The number of hydrogen-bond donors (Lipinski definition) is 1. The molecule has 0 radical (unpaired) electrons. The molecule has 2 aliphatic rings. The van der Waals surface area contributed by atoms with E-state index in [9.17, 15) is 4.79 Å². The number of carbonyl (C=O) groups excluding carboxylic acids is 1. The van der Waals surface area contributed by atoms with Gasteiger partial charge in [0.1, 0.15) is 0 Å². The maximum Gasteiger partial charge on any atom is 0.223 e. The summed E-state index contributed by atoms with van der Waals surface area (Å²) < 4.78 is 0. The van der Waals surface area contributed by atoms with E-state index in [-0.39, 0.29) is 11.4 Å². The van der Waals surface area contributed by atoms with Crippen LogP contribution in [0.3, 0.4) is 0 Å². The third-order valence-corrected chi connectivity index (χ3v) is 3.94. The van der Waals surface area contributed by atoms with Crippen LogP contribution in [-0.2, 0) is 17.6 Å². The van der Waals surface area contributed by atoms with Gasteiger partial charge in [-0.3, -0.25) is 4.79 Å². The molecule has 17 heavy (non-hydrogen) atoms. The number of rotatable bonds is 2. The van der Waals surface area contributed by atoms with Crippen LogP contribution in [0.4, 0.5) is 5.69 Å². The lowest BCUT2D eigenvalue weighted by molar-refractivity contribution is -0.116. The summed E-state index contributed by atoms with van der Waals surface area (Å²) in [5.74, 6) is 0.134. The lowest BCUT2D eigenvalue weighted by Gasteiger charge is -2.16. The first-order chi connectivity index (χ1) is 8.09. The molecule has 90 valence electrons. The Labute approximate surface area is 102 Å². The van der Waals surface area contributed by atoms with E-state index >= 15 is 0 Å². The van der Waals surface area contributed by atoms with E-state index in [1.165, 1.54) is 11.1 Å². The maximum atomic E-state index is 11.5. The second-order valence-electron chi connectivity index (χ2n) is 5.37. The van der Waals surface area contributed by atoms with Crippen molar-refractivity contribution in [2.24, 2.45) is 5.73 Å². The van der Waals surface area contributed by atoms with Crippen molar-refractivity contribution in [1.29, 1.82) is 0 Å². The van der Waals surface area contributed by atoms with Gasteiger partial charge in [-0.1, -0.05) is 12.1 Å². The lowest BCUT2D eigenvalue weighted by atomic mass is 9.97. The first kappa shape index (κ1) is 10.8. The zero-order chi connectivity index (χ0) is 12.0. The molecular weight excluding hydrogens is 212 g/mol. The van der Waals surface area contributed by atoms with Gasteiger partial charge in [-0.15, -0.1) is 0 Å². The first-order valence-corrected chi connectivity index (χ1v) is 6.27. The highest BCUT2D eigenvalue weighted by atomic mass is 16.2. The predicted octanol–water partition coefficient (Wildman–Crippen LogP) is 1.63. The summed E-state index contributed by atoms with van der Waals surface area (Å²) in [5.41, 5.74) is 10.00. The molecule has 3 heteroatoms. The molecule has 1 aliphatic heterocycles. The van der Waals surface area contributed by atoms with Crippen molar-refractivity contribution in [3.8, 4) is 0 Å². The minimum absolute atomic E-state index is 0.0404. The molecule has 0 saturated heterocycles. The van der Waals surface area contributed by atoms with Gasteiger partial charge >= 0.3 is 0 Å². The summed E-state index contributed by atoms with van der Waals surface area (Å²) >= 11 is 0. The van der Waals surface area contributed by atoms with Gasteiger partial charge in [0.15, 0.2) is 0 Å². The molecule has 2 N–H and O–H groups in total. The highest BCUT2D eigenvalue weighted by Crippen LogP contribution is 2.39. The van der Waals surface area contributed by atoms with Gasteiger partial charge in [0.2, 0.25) is 5.91 Å². The Morgan fingerprint density at radius 2 is 2.24 bits per heavy atom. The SMILES string of the molecule is CC(=O)N1CCc2c(CC3(N)CC3)cccc21. The summed E-state index contributed by atoms with van der Waals surface area (Å²) in [5, 5.41) is 0. The average Bonchev–Trinajstić information content (AvgIpc) is 2.85. The molecule has 1 saturated carbocycles. The second kappa shape index (κ2) is 3.57. The van der Waals surface area contributed by atoms with Crippen LogP contribution < -0.4 is 10.6 Å². The van der Waals surface area contributed by atoms with E-state index in [0.29, 0.717) is 0 Å². The van der Waals surface area contributed by atoms with Gasteiger partial charge in [-0.2, -0.15) is 0 Å². The minimum Gasteiger partial charge on any atom is -0.325 e. The van der Waals surface area contributed by atoms with E-state index in [4.69, 9.17) is 5.73 Å². The van der Waals surface area contributed by atoms with Crippen molar-refractivity contribution in [2.45, 2.75) is 38.1 Å². The quantitative estimate of drug-likeness (QED) is 0.839. The summed E-state index contributed by atoms with van der Waals surface area (Å²) in [6, 6.07) is 6.25. The molecule has 1 fully saturated rings. The molecule has 0 spiro atoms. The summed E-state index contributed by atoms with van der Waals surface area (Å²) in [6.45, 7) is 2.45. The Morgan fingerprint density at radius 1 is 1.47 bits per heavy atom. The van der Waals surface area contributed by atoms with Gasteiger partial charge in [0, 0.05) is 24.7 Å². The molecule has 0 unspecified atom stereocenters. The van der Waals surface area contributed by atoms with Crippen LogP contribution >= 0.6 is 0 Å². The Balaban J connectivity index is 1.94. The Bertz CT molecular complexity index is 477. The van der Waals surface area contributed by atoms with E-state index in [2.05, 4.69) is 6.07 Å². The molecule has 3 nitrogen and oxygen atoms in total. The number of benzene rings is 1. The van der Waals surface area contributed by atoms with Crippen molar-refractivity contribution < 1.29 is 4.79 Å². The van der Waals surface area contributed by atoms with Crippen LogP contribution in [0.25, 0.3) is 0 Å². The van der Waals surface area contributed by atoms with Crippen LogP contribution in [0, 0.1) is 0 Å². The molecule has 1 aromatic rings. The van der Waals surface area contributed by atoms with Crippen molar-refractivity contribution in [3.63, 3.8) is 0 Å². The predicted molar refractivity (Wildman–Crippen MR) is 68.0 cm³/mol. The van der Waals surface area contributed by atoms with Crippen LogP contribution in [-0.4, -0.2) is 18.0 Å². The second-order valence-corrected chi connectivity index (χ2v) is 5.37. The molecule has 1 heterocycles. The van der Waals surface area contributed by atoms with Gasteiger partial charge in [0.05, 0.1) is 0 Å². The molecule has 1 aromatic carbocycles. The molecule has 0 bridgehead atoms. The Hall–Kier alpha value is -1.35. The first-order valence-electron chi connectivity index (χ1n) is 6.27. The van der Waals surface area contributed by atoms with Gasteiger partial charge in [0.25, 0.3) is 0 Å². The molecule has 3 rings (SSSR count). The molecule has 0 atom stereocenters. The van der Waals surface area contributed by atoms with Crippen molar-refractivity contribution in [1.82, 2.24) is 0 Å². The number of amides is 1. The van der Waals surface area contributed by atoms with Crippen molar-refractivity contribution >= 4 is 11.6 Å². The van der Waals surface area contributed by atoms with Crippen molar-refractivity contribution in [2.75, 3.05) is 11.4 Å². The fourth-order valence-corrected chi connectivity index (χ4v) is 2.72. The Morgan fingerprint density at radius 3 is 2.88 bits per heavy atom. The fraction of sp³-hybridized carbons (Fsp3) is 0.500. The van der Waals surface area contributed by atoms with E-state index < -0.39 is 0 Å². The number of hydrogen-bond acceptors (Lipinski definition) is 2. The van der Waals surface area contributed by atoms with Gasteiger partial charge < -0.3 is 10.6 Å². The monoisotopic (exact) mass is 230 g/mol. The zero-order valence-electron chi connectivity index (χ0n) is 10.2. The summed E-state index contributed by atoms with van der Waals surface area (Å²) in [4.78, 5) is 13.4. The summed E-state index contributed by atoms with van der Waals surface area (Å²) in [6.07, 6.45) is 4.20. The molecule has 1 aliphatic carbocycles. The van der Waals surface area contributed by atoms with Crippen LogP contribution in [0.1, 0.15) is 30.9 Å². The maximum absolute atomic E-state index is 11.5. The third-order valence-electron chi connectivity index (χ3n) is 3.94. The number of fused-ring (bicyclic) bond motifs is 1. The average molecular weight is 230 g/mol. The van der Waals surface area contributed by atoms with E-state index in [1.54, 1.807) is 6.92 Å². The van der Waals surface area contributed by atoms with Gasteiger partial charge in [-0.25, -0.2) is 0 Å². The minimum atomic E-state index is 0.0404. The Kier molecular flexibility index (Phi) is 2.26. The topological polar surface area (TPSA) is 46.3 Å². The van der Waals surface area contributed by atoms with Crippen LogP contribution in [0.15, 0.2) is 18.2 Å². The zero-order valence-corrected chi connectivity index (χ0v) is 10.2. The van der Waals surface area contributed by atoms with E-state index in [1.807, 2.05) is 17.0 Å². The fourth-order valence-electron chi connectivity index (χ4n) is 2.72. The largest absolute Gasteiger partial charge is 0.325 e. The molecule has 0 aromatic heterocycles. The third kappa shape index (κ3) is 1.84. The van der Waals surface area contributed by atoms with E-state index in [0.717, 1.165) is 37.9 Å². The van der Waals surface area contributed by atoms with Crippen LogP contribution in [0.5, 0.6) is 0 Å². The summed E-state index contributed by atoms with van der Waals surface area (Å²) in [7, 11) is 0. The number of anilines is 1. The molecule has 1 amide bonds.